The van der Waals surface area contributed by atoms with E-state index in [0.717, 1.165) is 5.56 Å². The van der Waals surface area contributed by atoms with Gasteiger partial charge in [0.15, 0.2) is 5.69 Å². The van der Waals surface area contributed by atoms with E-state index < -0.39 is 11.9 Å². The van der Waals surface area contributed by atoms with Gasteiger partial charge >= 0.3 is 11.9 Å². The molecule has 21 heavy (non-hydrogen) atoms. The Morgan fingerprint density at radius 1 is 1.10 bits per heavy atom. The van der Waals surface area contributed by atoms with Crippen molar-refractivity contribution in [2.45, 2.75) is 20.4 Å². The second-order valence-electron chi connectivity index (χ2n) is 5.63. The first kappa shape index (κ1) is 17.1. The molecule has 1 aromatic rings. The molecule has 0 N–H and O–H groups in total. The number of ether oxygens (including phenoxy) is 2. The van der Waals surface area contributed by atoms with Crippen LogP contribution < -0.4 is 0 Å². The van der Waals surface area contributed by atoms with Crippen LogP contribution in [0.25, 0.3) is 0 Å². The molecule has 0 aliphatic rings. The molecular weight excluding hydrogens is 272 g/mol. The Balaban J connectivity index is 3.19. The molecule has 6 nitrogen and oxygen atoms in total. The lowest BCUT2D eigenvalue weighted by Gasteiger charge is -2.24. The Labute approximate surface area is 125 Å². The van der Waals surface area contributed by atoms with Crippen molar-refractivity contribution in [1.82, 2.24) is 4.98 Å². The topological polar surface area (TPSA) is 65.5 Å². The predicted octanol–water partition coefficient (Wildman–Crippen LogP) is 1.64. The van der Waals surface area contributed by atoms with E-state index in [1.165, 1.54) is 0 Å². The fourth-order valence-corrected chi connectivity index (χ4v) is 1.87. The third-order valence-corrected chi connectivity index (χ3v) is 2.57. The van der Waals surface area contributed by atoms with Gasteiger partial charge in [-0.15, -0.1) is 0 Å². The van der Waals surface area contributed by atoms with Crippen molar-refractivity contribution in [3.05, 3.63) is 29.1 Å². The number of carbonyl (C=O) groups is 2. The van der Waals surface area contributed by atoms with Crippen LogP contribution in [0, 0.1) is 0 Å². The van der Waals surface area contributed by atoms with Crippen molar-refractivity contribution < 1.29 is 23.5 Å². The minimum Gasteiger partial charge on any atom is -0.462 e. The minimum atomic E-state index is -0.614. The fourth-order valence-electron chi connectivity index (χ4n) is 1.87. The van der Waals surface area contributed by atoms with E-state index in [0.29, 0.717) is 11.0 Å². The van der Waals surface area contributed by atoms with E-state index in [2.05, 4.69) is 4.98 Å². The van der Waals surface area contributed by atoms with Gasteiger partial charge in [0.05, 0.1) is 39.9 Å². The predicted molar refractivity (Wildman–Crippen MR) is 77.9 cm³/mol. The summed E-state index contributed by atoms with van der Waals surface area (Å²) in [6.07, 6.45) is 1.60. The molecule has 1 rings (SSSR count). The molecule has 0 saturated carbocycles. The van der Waals surface area contributed by atoms with E-state index in [1.807, 2.05) is 21.1 Å². The SMILES string of the molecule is CCOC(=O)c1cc(C[N+](C)(C)C)cnc1C(=O)OCC. The van der Waals surface area contributed by atoms with Gasteiger partial charge in [-0.25, -0.2) is 14.6 Å². The lowest BCUT2D eigenvalue weighted by molar-refractivity contribution is -0.884. The number of nitrogens with zero attached hydrogens (tertiary/aromatic N) is 2. The van der Waals surface area contributed by atoms with Crippen molar-refractivity contribution in [2.24, 2.45) is 0 Å². The molecule has 0 fully saturated rings. The molecule has 116 valence electrons. The molecular formula is C15H23N2O4+. The monoisotopic (exact) mass is 295 g/mol. The first-order valence-corrected chi connectivity index (χ1v) is 6.92. The second-order valence-corrected chi connectivity index (χ2v) is 5.63. The first-order chi connectivity index (χ1) is 9.78. The normalized spacial score (nSPS) is 11.1. The van der Waals surface area contributed by atoms with Crippen LogP contribution in [0.15, 0.2) is 12.3 Å². The van der Waals surface area contributed by atoms with Gasteiger partial charge < -0.3 is 14.0 Å². The quantitative estimate of drug-likeness (QED) is 0.589. The van der Waals surface area contributed by atoms with Gasteiger partial charge in [-0.2, -0.15) is 0 Å². The lowest BCUT2D eigenvalue weighted by Crippen LogP contribution is -2.33. The Morgan fingerprint density at radius 3 is 2.19 bits per heavy atom. The summed E-state index contributed by atoms with van der Waals surface area (Å²) < 4.78 is 10.6. The van der Waals surface area contributed by atoms with Crippen LogP contribution in [0.3, 0.4) is 0 Å². The minimum absolute atomic E-state index is 0.000425. The molecule has 0 aliphatic heterocycles. The lowest BCUT2D eigenvalue weighted by atomic mass is 10.1. The van der Waals surface area contributed by atoms with E-state index >= 15 is 0 Å². The van der Waals surface area contributed by atoms with E-state index in [1.54, 1.807) is 26.1 Å². The van der Waals surface area contributed by atoms with Gasteiger partial charge in [0, 0.05) is 11.8 Å². The van der Waals surface area contributed by atoms with Gasteiger partial charge in [0.1, 0.15) is 6.54 Å². The third kappa shape index (κ3) is 5.15. The highest BCUT2D eigenvalue weighted by molar-refractivity contribution is 6.01. The summed E-state index contributed by atoms with van der Waals surface area (Å²) in [4.78, 5) is 28.0. The second kappa shape index (κ2) is 7.17. The highest BCUT2D eigenvalue weighted by Crippen LogP contribution is 2.15. The molecule has 0 aromatic carbocycles. The number of hydrogen-bond acceptors (Lipinski definition) is 5. The molecule has 0 radical (unpaired) electrons. The van der Waals surface area contributed by atoms with Crippen LogP contribution in [-0.4, -0.2) is 55.8 Å². The molecule has 6 heteroatoms. The van der Waals surface area contributed by atoms with Crippen molar-refractivity contribution in [3.63, 3.8) is 0 Å². The van der Waals surface area contributed by atoms with Gasteiger partial charge in [-0.05, 0) is 19.9 Å². The number of rotatable bonds is 6. The van der Waals surface area contributed by atoms with Gasteiger partial charge in [-0.3, -0.25) is 0 Å². The zero-order valence-corrected chi connectivity index (χ0v) is 13.3. The highest BCUT2D eigenvalue weighted by Gasteiger charge is 2.22. The molecule has 0 bridgehead atoms. The third-order valence-electron chi connectivity index (χ3n) is 2.57. The smallest absolute Gasteiger partial charge is 0.357 e. The van der Waals surface area contributed by atoms with Crippen molar-refractivity contribution in [1.29, 1.82) is 0 Å². The summed E-state index contributed by atoms with van der Waals surface area (Å²) in [7, 11) is 6.09. The van der Waals surface area contributed by atoms with Crippen LogP contribution in [0.2, 0.25) is 0 Å². The maximum Gasteiger partial charge on any atom is 0.357 e. The number of quaternary nitrogens is 1. The molecule has 1 aromatic heterocycles. The number of hydrogen-bond donors (Lipinski definition) is 0. The Bertz CT molecular complexity index is 521. The fraction of sp³-hybridized carbons (Fsp3) is 0.533. The van der Waals surface area contributed by atoms with Gasteiger partial charge in [-0.1, -0.05) is 0 Å². The standard InChI is InChI=1S/C15H23N2O4/c1-6-20-14(18)12-8-11(10-17(3,4)5)9-16-13(12)15(19)21-7-2/h8-9H,6-7,10H2,1-5H3/q+1. The van der Waals surface area contributed by atoms with E-state index in [4.69, 9.17) is 9.47 Å². The zero-order chi connectivity index (χ0) is 16.0. The van der Waals surface area contributed by atoms with Gasteiger partial charge in [0.25, 0.3) is 0 Å². The maximum atomic E-state index is 12.0. The Morgan fingerprint density at radius 2 is 1.67 bits per heavy atom. The molecule has 0 spiro atoms. The van der Waals surface area contributed by atoms with Gasteiger partial charge in [0.2, 0.25) is 0 Å². The highest BCUT2D eigenvalue weighted by atomic mass is 16.5. The summed E-state index contributed by atoms with van der Waals surface area (Å²) in [5, 5.41) is 0. The number of pyridine rings is 1. The molecule has 0 amide bonds. The average Bonchev–Trinajstić information content (AvgIpc) is 2.37. The van der Waals surface area contributed by atoms with Crippen molar-refractivity contribution >= 4 is 11.9 Å². The molecule has 0 saturated heterocycles. The molecule has 0 atom stereocenters. The van der Waals surface area contributed by atoms with E-state index in [9.17, 15) is 9.59 Å². The van der Waals surface area contributed by atoms with Crippen molar-refractivity contribution in [3.8, 4) is 0 Å². The summed E-state index contributed by atoms with van der Waals surface area (Å²) >= 11 is 0. The Kier molecular flexibility index (Phi) is 5.84. The van der Waals surface area contributed by atoms with Crippen LogP contribution >= 0.6 is 0 Å². The zero-order valence-electron chi connectivity index (χ0n) is 13.3. The largest absolute Gasteiger partial charge is 0.462 e. The van der Waals surface area contributed by atoms with E-state index in [-0.39, 0.29) is 24.5 Å². The van der Waals surface area contributed by atoms with Crippen LogP contribution in [0.1, 0.15) is 40.3 Å². The summed E-state index contributed by atoms with van der Waals surface area (Å²) in [5.41, 5.74) is 1.01. The van der Waals surface area contributed by atoms with Crippen LogP contribution in [-0.2, 0) is 16.0 Å². The maximum absolute atomic E-state index is 12.0. The number of esters is 2. The summed E-state index contributed by atoms with van der Waals surface area (Å²) in [5.74, 6) is -1.17. The molecule has 0 unspecified atom stereocenters. The number of aromatic nitrogens is 1. The van der Waals surface area contributed by atoms with Crippen molar-refractivity contribution in [2.75, 3.05) is 34.4 Å². The Hall–Kier alpha value is -1.95. The van der Waals surface area contributed by atoms with Crippen LogP contribution in [0.4, 0.5) is 0 Å². The van der Waals surface area contributed by atoms with Crippen LogP contribution in [0.5, 0.6) is 0 Å². The summed E-state index contributed by atoms with van der Waals surface area (Å²) in [6, 6.07) is 1.65. The average molecular weight is 295 g/mol. The summed E-state index contributed by atoms with van der Waals surface area (Å²) in [6.45, 7) is 4.56. The molecule has 1 heterocycles. The first-order valence-electron chi connectivity index (χ1n) is 6.92. The molecule has 0 aliphatic carbocycles. The number of carbonyl (C=O) groups excluding carboxylic acids is 2.